The molecule has 0 saturated carbocycles. The first-order valence-corrected chi connectivity index (χ1v) is 7.42. The average molecular weight is 268 g/mol. The van der Waals surface area contributed by atoms with Crippen LogP contribution < -0.4 is 5.32 Å². The first-order chi connectivity index (χ1) is 8.81. The number of hydrogen-bond donors (Lipinski definition) is 1. The maximum Gasteiger partial charge on any atom is 0.275 e. The van der Waals surface area contributed by atoms with E-state index in [2.05, 4.69) is 21.8 Å². The summed E-state index contributed by atoms with van der Waals surface area (Å²) in [7, 11) is 0. The number of piperidine rings is 1. The van der Waals surface area contributed by atoms with E-state index < -0.39 is 0 Å². The van der Waals surface area contributed by atoms with Crippen molar-refractivity contribution in [2.24, 2.45) is 5.92 Å². The minimum Gasteiger partial charge on any atom is -0.337 e. The highest BCUT2D eigenvalue weighted by atomic mass is 32.1. The molecule has 1 amide bonds. The predicted octanol–water partition coefficient (Wildman–Crippen LogP) is 1.39. The van der Waals surface area contributed by atoms with Crippen molar-refractivity contribution < 1.29 is 4.79 Å². The van der Waals surface area contributed by atoms with E-state index in [-0.39, 0.29) is 5.91 Å². The molecule has 1 aromatic rings. The van der Waals surface area contributed by atoms with Crippen LogP contribution in [0.5, 0.6) is 0 Å². The molecule has 1 atom stereocenters. The van der Waals surface area contributed by atoms with Gasteiger partial charge in [0.1, 0.15) is 0 Å². The molecule has 1 aromatic heterocycles. The van der Waals surface area contributed by atoms with E-state index >= 15 is 0 Å². The molecule has 2 rings (SSSR count). The third-order valence-corrected chi connectivity index (χ3v) is 3.74. The molecule has 0 aliphatic carbocycles. The molecular weight excluding hydrogens is 248 g/mol. The highest BCUT2D eigenvalue weighted by Gasteiger charge is 2.22. The largest absolute Gasteiger partial charge is 0.337 e. The Morgan fingerprint density at radius 1 is 1.67 bits per heavy atom. The molecule has 1 aliphatic heterocycles. The summed E-state index contributed by atoms with van der Waals surface area (Å²) in [5.74, 6) is 0.594. The molecule has 100 valence electrons. The van der Waals surface area contributed by atoms with Gasteiger partial charge in [-0.2, -0.15) is 0 Å². The zero-order chi connectivity index (χ0) is 12.8. The second-order valence-corrected chi connectivity index (χ2v) is 5.36. The lowest BCUT2D eigenvalue weighted by molar-refractivity contribution is 0.0713. The second kappa shape index (κ2) is 6.80. The van der Waals surface area contributed by atoms with Gasteiger partial charge in [0.05, 0.1) is 0 Å². The fourth-order valence-corrected chi connectivity index (χ4v) is 2.79. The number of hydrogen-bond acceptors (Lipinski definition) is 5. The van der Waals surface area contributed by atoms with Gasteiger partial charge < -0.3 is 10.2 Å². The number of rotatable bonds is 5. The molecular formula is C12H20N4OS. The third kappa shape index (κ3) is 3.49. The summed E-state index contributed by atoms with van der Waals surface area (Å²) >= 11 is 1.23. The molecule has 1 N–H and O–H groups in total. The van der Waals surface area contributed by atoms with Gasteiger partial charge in [0.2, 0.25) is 0 Å². The quantitative estimate of drug-likeness (QED) is 0.877. The Bertz CT molecular complexity index is 362. The smallest absolute Gasteiger partial charge is 0.275 e. The maximum atomic E-state index is 12.3. The average Bonchev–Trinajstić information content (AvgIpc) is 2.92. The highest BCUT2D eigenvalue weighted by Crippen LogP contribution is 2.14. The van der Waals surface area contributed by atoms with Gasteiger partial charge in [-0.1, -0.05) is 11.4 Å². The summed E-state index contributed by atoms with van der Waals surface area (Å²) in [5.41, 5.74) is 0.484. The third-order valence-electron chi connectivity index (χ3n) is 3.24. The predicted molar refractivity (Wildman–Crippen MR) is 71.7 cm³/mol. The summed E-state index contributed by atoms with van der Waals surface area (Å²) in [6.45, 7) is 5.85. The first kappa shape index (κ1) is 13.4. The summed E-state index contributed by atoms with van der Waals surface area (Å²) in [5, 5.41) is 8.99. The molecule has 2 heterocycles. The number of nitrogens with one attached hydrogen (secondary N) is 1. The molecule has 0 bridgehead atoms. The van der Waals surface area contributed by atoms with E-state index in [0.717, 1.165) is 32.6 Å². The first-order valence-electron chi connectivity index (χ1n) is 6.58. The van der Waals surface area contributed by atoms with Crippen LogP contribution in [0.2, 0.25) is 0 Å². The van der Waals surface area contributed by atoms with Gasteiger partial charge in [-0.3, -0.25) is 4.79 Å². The molecule has 1 fully saturated rings. The molecule has 1 saturated heterocycles. The van der Waals surface area contributed by atoms with E-state index in [1.807, 2.05) is 4.90 Å². The van der Waals surface area contributed by atoms with Crippen molar-refractivity contribution in [3.63, 3.8) is 0 Å². The van der Waals surface area contributed by atoms with Crippen molar-refractivity contribution in [2.75, 3.05) is 26.2 Å². The number of carbonyl (C=O) groups is 1. The SMILES string of the molecule is CCCN(CC1CCCNC1)C(=O)c1csnn1. The lowest BCUT2D eigenvalue weighted by Gasteiger charge is -2.29. The lowest BCUT2D eigenvalue weighted by atomic mass is 9.99. The van der Waals surface area contributed by atoms with Crippen LogP contribution in [0.25, 0.3) is 0 Å². The lowest BCUT2D eigenvalue weighted by Crippen LogP contribution is -2.41. The van der Waals surface area contributed by atoms with Crippen molar-refractivity contribution in [1.82, 2.24) is 19.8 Å². The summed E-state index contributed by atoms with van der Waals surface area (Å²) < 4.78 is 3.76. The molecule has 0 spiro atoms. The van der Waals surface area contributed by atoms with E-state index in [0.29, 0.717) is 11.6 Å². The monoisotopic (exact) mass is 268 g/mol. The fraction of sp³-hybridized carbons (Fsp3) is 0.750. The number of aromatic nitrogens is 2. The molecule has 0 aromatic carbocycles. The van der Waals surface area contributed by atoms with Crippen LogP contribution in [0, 0.1) is 5.92 Å². The Morgan fingerprint density at radius 3 is 3.17 bits per heavy atom. The fourth-order valence-electron chi connectivity index (χ4n) is 2.36. The Hall–Kier alpha value is -1.01. The van der Waals surface area contributed by atoms with E-state index in [1.54, 1.807) is 5.38 Å². The minimum absolute atomic E-state index is 0.0242. The zero-order valence-electron chi connectivity index (χ0n) is 10.8. The van der Waals surface area contributed by atoms with E-state index in [1.165, 1.54) is 24.4 Å². The summed E-state index contributed by atoms with van der Waals surface area (Å²) in [6.07, 6.45) is 3.39. The highest BCUT2D eigenvalue weighted by molar-refractivity contribution is 7.03. The van der Waals surface area contributed by atoms with Crippen molar-refractivity contribution in [3.8, 4) is 0 Å². The number of nitrogens with zero attached hydrogens (tertiary/aromatic N) is 3. The van der Waals surface area contributed by atoms with Gasteiger partial charge in [-0.05, 0) is 49.8 Å². The minimum atomic E-state index is 0.0242. The zero-order valence-corrected chi connectivity index (χ0v) is 11.6. The van der Waals surface area contributed by atoms with Crippen LogP contribution in [0.4, 0.5) is 0 Å². The Labute approximate surface area is 112 Å². The normalized spacial score (nSPS) is 19.7. The Morgan fingerprint density at radius 2 is 2.56 bits per heavy atom. The van der Waals surface area contributed by atoms with Crippen LogP contribution in [0.3, 0.4) is 0 Å². The van der Waals surface area contributed by atoms with Crippen LogP contribution in [0.1, 0.15) is 36.7 Å². The second-order valence-electron chi connectivity index (χ2n) is 4.75. The van der Waals surface area contributed by atoms with Crippen LogP contribution in [0.15, 0.2) is 5.38 Å². The van der Waals surface area contributed by atoms with Crippen molar-refractivity contribution in [2.45, 2.75) is 26.2 Å². The number of carbonyl (C=O) groups excluding carboxylic acids is 1. The molecule has 1 aliphatic rings. The van der Waals surface area contributed by atoms with Crippen LogP contribution in [-0.2, 0) is 0 Å². The standard InChI is InChI=1S/C12H20N4OS/c1-2-6-16(8-10-4-3-5-13-7-10)12(17)11-9-18-15-14-11/h9-10,13H,2-8H2,1H3. The van der Waals surface area contributed by atoms with Gasteiger partial charge in [-0.25, -0.2) is 0 Å². The molecule has 0 radical (unpaired) electrons. The van der Waals surface area contributed by atoms with Gasteiger partial charge in [0, 0.05) is 18.5 Å². The van der Waals surface area contributed by atoms with E-state index in [9.17, 15) is 4.79 Å². The van der Waals surface area contributed by atoms with Crippen molar-refractivity contribution in [1.29, 1.82) is 0 Å². The topological polar surface area (TPSA) is 58.1 Å². The molecule has 18 heavy (non-hydrogen) atoms. The summed E-state index contributed by atoms with van der Waals surface area (Å²) in [6, 6.07) is 0. The van der Waals surface area contributed by atoms with Gasteiger partial charge in [0.15, 0.2) is 5.69 Å². The van der Waals surface area contributed by atoms with Crippen LogP contribution in [-0.4, -0.2) is 46.6 Å². The van der Waals surface area contributed by atoms with Gasteiger partial charge in [0.25, 0.3) is 5.91 Å². The Kier molecular flexibility index (Phi) is 5.07. The maximum absolute atomic E-state index is 12.3. The van der Waals surface area contributed by atoms with Crippen molar-refractivity contribution >= 4 is 17.4 Å². The Balaban J connectivity index is 1.96. The van der Waals surface area contributed by atoms with Crippen LogP contribution >= 0.6 is 11.5 Å². The van der Waals surface area contributed by atoms with Gasteiger partial charge >= 0.3 is 0 Å². The van der Waals surface area contributed by atoms with E-state index in [4.69, 9.17) is 0 Å². The van der Waals surface area contributed by atoms with Gasteiger partial charge in [-0.15, -0.1) is 5.10 Å². The van der Waals surface area contributed by atoms with Crippen molar-refractivity contribution in [3.05, 3.63) is 11.1 Å². The number of amides is 1. The molecule has 6 heteroatoms. The molecule has 1 unspecified atom stereocenters. The summed E-state index contributed by atoms with van der Waals surface area (Å²) in [4.78, 5) is 14.2. The molecule has 5 nitrogen and oxygen atoms in total.